The molecular formula is C25H20BrFN2O2. The Balaban J connectivity index is 1.70. The lowest BCUT2D eigenvalue weighted by atomic mass is 10.1. The van der Waals surface area contributed by atoms with Crippen LogP contribution in [0.15, 0.2) is 70.7 Å². The van der Waals surface area contributed by atoms with Gasteiger partial charge in [-0.2, -0.15) is 5.26 Å². The number of nitrogens with zero attached hydrogens (tertiary/aromatic N) is 1. The highest BCUT2D eigenvalue weighted by molar-refractivity contribution is 9.10. The summed E-state index contributed by atoms with van der Waals surface area (Å²) < 4.78 is 19.6. The molecule has 4 nitrogen and oxygen atoms in total. The van der Waals surface area contributed by atoms with Gasteiger partial charge in [0.15, 0.2) is 0 Å². The summed E-state index contributed by atoms with van der Waals surface area (Å²) in [7, 11) is 0. The lowest BCUT2D eigenvalue weighted by molar-refractivity contribution is -0.112. The third-order valence-corrected chi connectivity index (χ3v) is 5.32. The van der Waals surface area contributed by atoms with Crippen LogP contribution >= 0.6 is 15.9 Å². The molecule has 0 aliphatic heterocycles. The van der Waals surface area contributed by atoms with Crippen molar-refractivity contribution in [1.82, 2.24) is 0 Å². The number of nitrogens with one attached hydrogen (secondary N) is 1. The van der Waals surface area contributed by atoms with Crippen LogP contribution in [0.5, 0.6) is 5.75 Å². The van der Waals surface area contributed by atoms with E-state index in [1.165, 1.54) is 41.5 Å². The third kappa shape index (κ3) is 6.03. The maximum absolute atomic E-state index is 13.0. The van der Waals surface area contributed by atoms with Crippen molar-refractivity contribution in [1.29, 1.82) is 5.26 Å². The van der Waals surface area contributed by atoms with Crippen LogP contribution < -0.4 is 10.1 Å². The highest BCUT2D eigenvalue weighted by Gasteiger charge is 2.11. The standard InChI is InChI=1S/C25H20BrFN2O2/c1-16-3-4-19(11-17(16)2)15-31-24-10-5-18(13-23(24)26)12-20(14-28)25(30)29-22-8-6-21(27)7-9-22/h3-13H,15H2,1-2H3,(H,29,30)/b20-12+. The zero-order chi connectivity index (χ0) is 22.4. The Bertz CT molecular complexity index is 1180. The van der Waals surface area contributed by atoms with E-state index in [9.17, 15) is 14.4 Å². The second-order valence-electron chi connectivity index (χ2n) is 7.03. The number of benzene rings is 3. The van der Waals surface area contributed by atoms with Gasteiger partial charge in [-0.15, -0.1) is 0 Å². The molecule has 0 unspecified atom stereocenters. The van der Waals surface area contributed by atoms with Crippen LogP contribution in [0.1, 0.15) is 22.3 Å². The molecule has 0 spiro atoms. The van der Waals surface area contributed by atoms with E-state index >= 15 is 0 Å². The minimum Gasteiger partial charge on any atom is -0.488 e. The second kappa shape index (κ2) is 10.1. The molecule has 0 aromatic heterocycles. The fraction of sp³-hybridized carbons (Fsp3) is 0.120. The van der Waals surface area contributed by atoms with E-state index < -0.39 is 11.7 Å². The van der Waals surface area contributed by atoms with Crippen molar-refractivity contribution in [2.24, 2.45) is 0 Å². The molecule has 0 heterocycles. The summed E-state index contributed by atoms with van der Waals surface area (Å²) in [4.78, 5) is 12.4. The number of halogens is 2. The molecule has 0 bridgehead atoms. The lowest BCUT2D eigenvalue weighted by Crippen LogP contribution is -2.13. The number of rotatable bonds is 6. The van der Waals surface area contributed by atoms with Gasteiger partial charge in [0.25, 0.3) is 5.91 Å². The van der Waals surface area contributed by atoms with E-state index in [1.54, 1.807) is 18.2 Å². The first-order valence-electron chi connectivity index (χ1n) is 9.53. The number of amides is 1. The monoisotopic (exact) mass is 478 g/mol. The summed E-state index contributed by atoms with van der Waals surface area (Å²) in [6.45, 7) is 4.56. The number of aryl methyl sites for hydroxylation is 2. The van der Waals surface area contributed by atoms with Crippen molar-refractivity contribution >= 4 is 33.6 Å². The van der Waals surface area contributed by atoms with Gasteiger partial charge in [-0.1, -0.05) is 24.3 Å². The molecule has 0 saturated carbocycles. The minimum atomic E-state index is -0.569. The molecule has 0 saturated heterocycles. The van der Waals surface area contributed by atoms with Crippen molar-refractivity contribution in [2.45, 2.75) is 20.5 Å². The number of hydrogen-bond acceptors (Lipinski definition) is 3. The third-order valence-electron chi connectivity index (χ3n) is 4.70. The van der Waals surface area contributed by atoms with Crippen LogP contribution in [0, 0.1) is 31.0 Å². The van der Waals surface area contributed by atoms with Crippen molar-refractivity contribution in [3.8, 4) is 11.8 Å². The maximum atomic E-state index is 13.0. The van der Waals surface area contributed by atoms with Gasteiger partial charge >= 0.3 is 0 Å². The highest BCUT2D eigenvalue weighted by Crippen LogP contribution is 2.28. The molecule has 1 amide bonds. The first kappa shape index (κ1) is 22.3. The topological polar surface area (TPSA) is 62.1 Å². The zero-order valence-electron chi connectivity index (χ0n) is 17.1. The van der Waals surface area contributed by atoms with Crippen LogP contribution in [-0.2, 0) is 11.4 Å². The van der Waals surface area contributed by atoms with Gasteiger partial charge in [-0.05, 0) is 94.5 Å². The van der Waals surface area contributed by atoms with Gasteiger partial charge in [0.2, 0.25) is 0 Å². The van der Waals surface area contributed by atoms with E-state index in [1.807, 2.05) is 12.1 Å². The fourth-order valence-corrected chi connectivity index (χ4v) is 3.34. The Morgan fingerprint density at radius 3 is 2.48 bits per heavy atom. The van der Waals surface area contributed by atoms with Crippen LogP contribution in [0.3, 0.4) is 0 Å². The summed E-state index contributed by atoms with van der Waals surface area (Å²) in [6, 6.07) is 18.8. The molecule has 6 heteroatoms. The summed E-state index contributed by atoms with van der Waals surface area (Å²) in [5, 5.41) is 12.0. The van der Waals surface area contributed by atoms with Crippen molar-refractivity contribution < 1.29 is 13.9 Å². The van der Waals surface area contributed by atoms with Crippen molar-refractivity contribution in [3.05, 3.63) is 98.8 Å². The Morgan fingerprint density at radius 1 is 1.10 bits per heavy atom. The van der Waals surface area contributed by atoms with Crippen LogP contribution in [0.25, 0.3) is 6.08 Å². The summed E-state index contributed by atoms with van der Waals surface area (Å²) in [5.41, 5.74) is 4.52. The first-order chi connectivity index (χ1) is 14.9. The SMILES string of the molecule is Cc1ccc(COc2ccc(/C=C(\C#N)C(=O)Nc3ccc(F)cc3)cc2Br)cc1C. The van der Waals surface area contributed by atoms with Gasteiger partial charge < -0.3 is 10.1 Å². The van der Waals surface area contributed by atoms with E-state index in [2.05, 4.69) is 47.2 Å². The smallest absolute Gasteiger partial charge is 0.266 e. The molecule has 31 heavy (non-hydrogen) atoms. The molecule has 3 aromatic rings. The quantitative estimate of drug-likeness (QED) is 0.332. The van der Waals surface area contributed by atoms with Crippen molar-refractivity contribution in [2.75, 3.05) is 5.32 Å². The first-order valence-corrected chi connectivity index (χ1v) is 10.3. The van der Waals surface area contributed by atoms with Crippen LogP contribution in [0.4, 0.5) is 10.1 Å². The molecule has 0 aliphatic carbocycles. The van der Waals surface area contributed by atoms with Crippen molar-refractivity contribution in [3.63, 3.8) is 0 Å². The molecule has 0 fully saturated rings. The van der Waals surface area contributed by atoms with E-state index in [0.29, 0.717) is 28.1 Å². The van der Waals surface area contributed by atoms with E-state index in [4.69, 9.17) is 4.74 Å². The number of nitriles is 1. The zero-order valence-corrected chi connectivity index (χ0v) is 18.7. The number of ether oxygens (including phenoxy) is 1. The van der Waals surface area contributed by atoms with E-state index in [-0.39, 0.29) is 5.57 Å². The lowest BCUT2D eigenvalue weighted by Gasteiger charge is -2.10. The Hall–Kier alpha value is -3.43. The number of anilines is 1. The van der Waals surface area contributed by atoms with Gasteiger partial charge in [0.05, 0.1) is 4.47 Å². The average Bonchev–Trinajstić information content (AvgIpc) is 2.75. The minimum absolute atomic E-state index is 0.0694. The van der Waals surface area contributed by atoms with E-state index in [0.717, 1.165) is 5.56 Å². The van der Waals surface area contributed by atoms with Gasteiger partial charge in [-0.3, -0.25) is 4.79 Å². The van der Waals surface area contributed by atoms with Gasteiger partial charge in [0, 0.05) is 5.69 Å². The van der Waals surface area contributed by atoms with Crippen LogP contribution in [0.2, 0.25) is 0 Å². The molecule has 3 rings (SSSR count). The number of carbonyl (C=O) groups is 1. The molecular weight excluding hydrogens is 459 g/mol. The molecule has 156 valence electrons. The number of hydrogen-bond donors (Lipinski definition) is 1. The van der Waals surface area contributed by atoms with Gasteiger partial charge in [-0.25, -0.2) is 4.39 Å². The summed E-state index contributed by atoms with van der Waals surface area (Å²) in [5.74, 6) is -0.316. The molecule has 3 aromatic carbocycles. The predicted molar refractivity (Wildman–Crippen MR) is 123 cm³/mol. The summed E-state index contributed by atoms with van der Waals surface area (Å²) >= 11 is 3.48. The molecule has 0 atom stereocenters. The molecule has 0 aliphatic rings. The Labute approximate surface area is 189 Å². The van der Waals surface area contributed by atoms with Gasteiger partial charge in [0.1, 0.15) is 29.8 Å². The second-order valence-corrected chi connectivity index (χ2v) is 7.88. The Morgan fingerprint density at radius 2 is 1.84 bits per heavy atom. The maximum Gasteiger partial charge on any atom is 0.266 e. The fourth-order valence-electron chi connectivity index (χ4n) is 2.83. The highest BCUT2D eigenvalue weighted by atomic mass is 79.9. The number of carbonyl (C=O) groups excluding carboxylic acids is 1. The summed E-state index contributed by atoms with van der Waals surface area (Å²) in [6.07, 6.45) is 1.48. The average molecular weight is 479 g/mol. The normalized spacial score (nSPS) is 11.0. The predicted octanol–water partition coefficient (Wildman–Crippen LogP) is 6.33. The van der Waals surface area contributed by atoms with Crippen LogP contribution in [-0.4, -0.2) is 5.91 Å². The molecule has 1 N–H and O–H groups in total. The Kier molecular flexibility index (Phi) is 7.22. The largest absolute Gasteiger partial charge is 0.488 e. The molecule has 0 radical (unpaired) electrons.